The Morgan fingerprint density at radius 3 is 2.80 bits per heavy atom. The molecular formula is C20H24N2O3. The second kappa shape index (κ2) is 7.57. The summed E-state index contributed by atoms with van der Waals surface area (Å²) in [7, 11) is 1.79. The van der Waals surface area contributed by atoms with E-state index in [0.717, 1.165) is 41.6 Å². The van der Waals surface area contributed by atoms with Crippen molar-refractivity contribution in [1.82, 2.24) is 4.90 Å². The Morgan fingerprint density at radius 1 is 1.28 bits per heavy atom. The lowest BCUT2D eigenvalue weighted by Gasteiger charge is -2.16. The highest BCUT2D eigenvalue weighted by atomic mass is 16.3. The van der Waals surface area contributed by atoms with Gasteiger partial charge in [0.1, 0.15) is 23.4 Å². The van der Waals surface area contributed by atoms with E-state index < -0.39 is 0 Å². The first-order chi connectivity index (χ1) is 12.1. The standard InChI is InChI=1S/C20H24N2O3/c1-3-4-8-19-17(16-7-5-6-9-18(16)25-19)12-22(2)20(23)14-10-15(11-21)24-13-14/h5-7,9-10,13H,3-4,8,11-12,21H2,1-2H3. The van der Waals surface area contributed by atoms with E-state index in [1.807, 2.05) is 24.3 Å². The van der Waals surface area contributed by atoms with E-state index in [2.05, 4.69) is 6.92 Å². The molecule has 0 atom stereocenters. The van der Waals surface area contributed by atoms with Crippen LogP contribution in [0.25, 0.3) is 11.0 Å². The lowest BCUT2D eigenvalue weighted by atomic mass is 10.1. The predicted molar refractivity (Wildman–Crippen MR) is 97.2 cm³/mol. The molecule has 0 aliphatic heterocycles. The molecule has 2 aromatic heterocycles. The van der Waals surface area contributed by atoms with Crippen LogP contribution >= 0.6 is 0 Å². The van der Waals surface area contributed by atoms with Gasteiger partial charge in [-0.3, -0.25) is 4.79 Å². The van der Waals surface area contributed by atoms with Gasteiger partial charge in [-0.25, -0.2) is 0 Å². The number of nitrogens with zero attached hydrogens (tertiary/aromatic N) is 1. The molecule has 0 radical (unpaired) electrons. The molecule has 0 fully saturated rings. The molecule has 2 N–H and O–H groups in total. The molecule has 2 heterocycles. The summed E-state index contributed by atoms with van der Waals surface area (Å²) in [6.45, 7) is 2.94. The zero-order chi connectivity index (χ0) is 17.8. The number of unbranched alkanes of at least 4 members (excludes halogenated alkanes) is 1. The summed E-state index contributed by atoms with van der Waals surface area (Å²) in [5.41, 5.74) is 8.02. The number of hydrogen-bond donors (Lipinski definition) is 1. The normalized spacial score (nSPS) is 11.2. The minimum atomic E-state index is -0.0878. The van der Waals surface area contributed by atoms with Crippen LogP contribution in [0.4, 0.5) is 0 Å². The molecular weight excluding hydrogens is 316 g/mol. The van der Waals surface area contributed by atoms with Gasteiger partial charge >= 0.3 is 0 Å². The van der Waals surface area contributed by atoms with E-state index in [-0.39, 0.29) is 12.5 Å². The van der Waals surface area contributed by atoms with E-state index in [1.165, 1.54) is 6.26 Å². The molecule has 0 bridgehead atoms. The maximum absolute atomic E-state index is 12.7. The zero-order valence-electron chi connectivity index (χ0n) is 14.7. The second-order valence-corrected chi connectivity index (χ2v) is 6.27. The van der Waals surface area contributed by atoms with Crippen LogP contribution in [0.15, 0.2) is 45.4 Å². The van der Waals surface area contributed by atoms with Crippen LogP contribution in [0.1, 0.15) is 47.2 Å². The van der Waals surface area contributed by atoms with Gasteiger partial charge < -0.3 is 19.5 Å². The molecule has 0 aliphatic carbocycles. The summed E-state index contributed by atoms with van der Waals surface area (Å²) in [5.74, 6) is 1.49. The smallest absolute Gasteiger partial charge is 0.257 e. The maximum Gasteiger partial charge on any atom is 0.257 e. The highest BCUT2D eigenvalue weighted by Gasteiger charge is 2.20. The number of para-hydroxylation sites is 1. The molecule has 0 aliphatic rings. The Hall–Kier alpha value is -2.53. The highest BCUT2D eigenvalue weighted by molar-refractivity contribution is 5.94. The fourth-order valence-electron chi connectivity index (χ4n) is 2.99. The highest BCUT2D eigenvalue weighted by Crippen LogP contribution is 2.28. The molecule has 1 aromatic carbocycles. The van der Waals surface area contributed by atoms with Crippen LogP contribution < -0.4 is 5.73 Å². The fourth-order valence-corrected chi connectivity index (χ4v) is 2.99. The van der Waals surface area contributed by atoms with Crippen molar-refractivity contribution in [3.63, 3.8) is 0 Å². The largest absolute Gasteiger partial charge is 0.467 e. The minimum Gasteiger partial charge on any atom is -0.467 e. The van der Waals surface area contributed by atoms with E-state index in [9.17, 15) is 4.79 Å². The third-order valence-electron chi connectivity index (χ3n) is 4.38. The molecule has 132 valence electrons. The number of nitrogens with two attached hydrogens (primary N) is 1. The van der Waals surface area contributed by atoms with Crippen LogP contribution in [-0.4, -0.2) is 17.9 Å². The Labute approximate surface area is 147 Å². The second-order valence-electron chi connectivity index (χ2n) is 6.27. The Kier molecular flexibility index (Phi) is 5.24. The molecule has 0 saturated heterocycles. The van der Waals surface area contributed by atoms with Crippen LogP contribution in [0.5, 0.6) is 0 Å². The summed E-state index contributed by atoms with van der Waals surface area (Å²) in [6.07, 6.45) is 4.51. The topological polar surface area (TPSA) is 72.6 Å². The first kappa shape index (κ1) is 17.3. The number of aryl methyl sites for hydroxylation is 1. The van der Waals surface area contributed by atoms with Crippen molar-refractivity contribution in [2.45, 2.75) is 39.3 Å². The summed E-state index contributed by atoms with van der Waals surface area (Å²) in [6, 6.07) is 9.68. The summed E-state index contributed by atoms with van der Waals surface area (Å²) in [5, 5.41) is 1.07. The molecule has 5 nitrogen and oxygen atoms in total. The number of benzene rings is 1. The molecule has 5 heteroatoms. The molecule has 1 amide bonds. The molecule has 0 spiro atoms. The van der Waals surface area contributed by atoms with Crippen molar-refractivity contribution in [3.8, 4) is 0 Å². The van der Waals surface area contributed by atoms with Gasteiger partial charge in [0, 0.05) is 31.0 Å². The van der Waals surface area contributed by atoms with Crippen molar-refractivity contribution >= 4 is 16.9 Å². The van der Waals surface area contributed by atoms with Gasteiger partial charge in [-0.15, -0.1) is 0 Å². The Morgan fingerprint density at radius 2 is 2.08 bits per heavy atom. The zero-order valence-corrected chi connectivity index (χ0v) is 14.7. The van der Waals surface area contributed by atoms with Gasteiger partial charge in [-0.2, -0.15) is 0 Å². The van der Waals surface area contributed by atoms with Crippen molar-refractivity contribution in [2.75, 3.05) is 7.05 Å². The van der Waals surface area contributed by atoms with Gasteiger partial charge in [-0.05, 0) is 18.6 Å². The number of fused-ring (bicyclic) bond motifs is 1. The van der Waals surface area contributed by atoms with Gasteiger partial charge in [0.2, 0.25) is 0 Å². The van der Waals surface area contributed by atoms with Crippen molar-refractivity contribution in [1.29, 1.82) is 0 Å². The predicted octanol–water partition coefficient (Wildman–Crippen LogP) is 4.10. The maximum atomic E-state index is 12.7. The van der Waals surface area contributed by atoms with Gasteiger partial charge in [-0.1, -0.05) is 31.5 Å². The van der Waals surface area contributed by atoms with Crippen LogP contribution in [0.3, 0.4) is 0 Å². The monoisotopic (exact) mass is 340 g/mol. The lowest BCUT2D eigenvalue weighted by molar-refractivity contribution is 0.0784. The molecule has 3 rings (SSSR count). The van der Waals surface area contributed by atoms with Crippen molar-refractivity contribution in [2.24, 2.45) is 5.73 Å². The van der Waals surface area contributed by atoms with Gasteiger partial charge in [0.05, 0.1) is 12.1 Å². The SMILES string of the molecule is CCCCc1oc2ccccc2c1CN(C)C(=O)c1coc(CN)c1. The van der Waals surface area contributed by atoms with Gasteiger partial charge in [0.25, 0.3) is 5.91 Å². The van der Waals surface area contributed by atoms with Crippen molar-refractivity contribution in [3.05, 3.63) is 59.2 Å². The number of carbonyl (C=O) groups is 1. The third-order valence-corrected chi connectivity index (χ3v) is 4.38. The van der Waals surface area contributed by atoms with Crippen LogP contribution in [0.2, 0.25) is 0 Å². The minimum absolute atomic E-state index is 0.0878. The molecule has 0 saturated carbocycles. The van der Waals surface area contributed by atoms with Crippen LogP contribution in [-0.2, 0) is 19.5 Å². The third kappa shape index (κ3) is 3.61. The number of rotatable bonds is 7. The van der Waals surface area contributed by atoms with Crippen LogP contribution in [0, 0.1) is 0 Å². The summed E-state index contributed by atoms with van der Waals surface area (Å²) in [4.78, 5) is 14.3. The van der Waals surface area contributed by atoms with E-state index in [4.69, 9.17) is 14.6 Å². The van der Waals surface area contributed by atoms with Crippen molar-refractivity contribution < 1.29 is 13.6 Å². The first-order valence-electron chi connectivity index (χ1n) is 8.66. The average Bonchev–Trinajstić information content (AvgIpc) is 3.24. The van der Waals surface area contributed by atoms with E-state index >= 15 is 0 Å². The van der Waals surface area contributed by atoms with E-state index in [1.54, 1.807) is 18.0 Å². The van der Waals surface area contributed by atoms with Gasteiger partial charge in [0.15, 0.2) is 0 Å². The first-order valence-corrected chi connectivity index (χ1v) is 8.66. The average molecular weight is 340 g/mol. The number of amides is 1. The quantitative estimate of drug-likeness (QED) is 0.703. The fraction of sp³-hybridized carbons (Fsp3) is 0.350. The molecule has 3 aromatic rings. The summed E-state index contributed by atoms with van der Waals surface area (Å²) >= 11 is 0. The lowest BCUT2D eigenvalue weighted by Crippen LogP contribution is -2.26. The number of carbonyl (C=O) groups excluding carboxylic acids is 1. The number of furan rings is 2. The Bertz CT molecular complexity index is 863. The Balaban J connectivity index is 1.86. The molecule has 0 unspecified atom stereocenters. The van der Waals surface area contributed by atoms with E-state index in [0.29, 0.717) is 17.9 Å². The number of hydrogen-bond acceptors (Lipinski definition) is 4. The molecule has 25 heavy (non-hydrogen) atoms. The summed E-state index contributed by atoms with van der Waals surface area (Å²) < 4.78 is 11.3.